The molecular weight excluding hydrogens is 248 g/mol. The minimum atomic E-state index is 0.391. The maximum atomic E-state index is 5.98. The third kappa shape index (κ3) is 3.44. The van der Waals surface area contributed by atoms with Gasteiger partial charge in [0, 0.05) is 11.6 Å². The van der Waals surface area contributed by atoms with Crippen molar-refractivity contribution in [2.75, 3.05) is 6.61 Å². The first kappa shape index (κ1) is 12.8. The molecule has 0 atom stereocenters. The lowest BCUT2D eigenvalue weighted by Gasteiger charge is -2.09. The molecule has 3 nitrogen and oxygen atoms in total. The lowest BCUT2D eigenvalue weighted by Crippen LogP contribution is -2.06. The molecule has 0 saturated heterocycles. The van der Waals surface area contributed by atoms with Gasteiger partial charge in [-0.15, -0.1) is 0 Å². The van der Waals surface area contributed by atoms with Gasteiger partial charge in [-0.25, -0.2) is 4.98 Å². The molecule has 2 aromatic rings. The van der Waals surface area contributed by atoms with Gasteiger partial charge in [-0.05, 0) is 5.92 Å². The van der Waals surface area contributed by atoms with Crippen LogP contribution in [0.15, 0.2) is 36.4 Å². The second-order valence-electron chi connectivity index (χ2n) is 4.42. The molecule has 0 N–H and O–H groups in total. The summed E-state index contributed by atoms with van der Waals surface area (Å²) in [5.41, 5.74) is 0.925. The average molecular weight is 263 g/mol. The van der Waals surface area contributed by atoms with Crippen molar-refractivity contribution in [1.82, 2.24) is 9.97 Å². The first-order chi connectivity index (χ1) is 8.65. The summed E-state index contributed by atoms with van der Waals surface area (Å²) < 4.78 is 5.57. The molecule has 1 aromatic carbocycles. The zero-order valence-corrected chi connectivity index (χ0v) is 11.2. The molecule has 0 aliphatic heterocycles. The number of hydrogen-bond donors (Lipinski definition) is 0. The quantitative estimate of drug-likeness (QED) is 0.786. The van der Waals surface area contributed by atoms with Crippen molar-refractivity contribution in [2.45, 2.75) is 13.8 Å². The molecular formula is C14H15ClN2O. The smallest absolute Gasteiger partial charge is 0.218 e. The van der Waals surface area contributed by atoms with Gasteiger partial charge >= 0.3 is 0 Å². The van der Waals surface area contributed by atoms with Crippen molar-refractivity contribution in [3.05, 3.63) is 41.6 Å². The molecule has 2 rings (SSSR count). The Morgan fingerprint density at radius 3 is 2.56 bits per heavy atom. The number of ether oxygens (including phenoxy) is 1. The Bertz CT molecular complexity index is 514. The molecule has 1 aromatic heterocycles. The van der Waals surface area contributed by atoms with Crippen LogP contribution in [-0.4, -0.2) is 16.6 Å². The van der Waals surface area contributed by atoms with E-state index in [2.05, 4.69) is 23.8 Å². The van der Waals surface area contributed by atoms with Gasteiger partial charge in [0.25, 0.3) is 0 Å². The number of hydrogen-bond acceptors (Lipinski definition) is 3. The van der Waals surface area contributed by atoms with E-state index >= 15 is 0 Å². The molecule has 0 amide bonds. The molecule has 0 radical (unpaired) electrons. The maximum Gasteiger partial charge on any atom is 0.218 e. The highest BCUT2D eigenvalue weighted by Gasteiger charge is 2.07. The SMILES string of the molecule is CC(C)COc1cc(Cl)nc(-c2ccccc2)n1. The van der Waals surface area contributed by atoms with E-state index < -0.39 is 0 Å². The van der Waals surface area contributed by atoms with Crippen LogP contribution >= 0.6 is 11.6 Å². The lowest BCUT2D eigenvalue weighted by atomic mass is 10.2. The summed E-state index contributed by atoms with van der Waals surface area (Å²) in [4.78, 5) is 8.56. The van der Waals surface area contributed by atoms with E-state index in [-0.39, 0.29) is 0 Å². The zero-order valence-electron chi connectivity index (χ0n) is 10.4. The molecule has 18 heavy (non-hydrogen) atoms. The van der Waals surface area contributed by atoms with Crippen molar-refractivity contribution in [2.24, 2.45) is 5.92 Å². The van der Waals surface area contributed by atoms with Crippen LogP contribution in [-0.2, 0) is 0 Å². The Morgan fingerprint density at radius 2 is 1.89 bits per heavy atom. The first-order valence-electron chi connectivity index (χ1n) is 5.88. The topological polar surface area (TPSA) is 35.0 Å². The van der Waals surface area contributed by atoms with Crippen LogP contribution in [0.4, 0.5) is 0 Å². The molecule has 0 aliphatic rings. The first-order valence-corrected chi connectivity index (χ1v) is 6.26. The summed E-state index contributed by atoms with van der Waals surface area (Å²) >= 11 is 5.98. The van der Waals surface area contributed by atoms with Gasteiger partial charge in [-0.3, -0.25) is 0 Å². The van der Waals surface area contributed by atoms with Crippen molar-refractivity contribution >= 4 is 11.6 Å². The van der Waals surface area contributed by atoms with E-state index in [4.69, 9.17) is 16.3 Å². The zero-order chi connectivity index (χ0) is 13.0. The van der Waals surface area contributed by atoms with Crippen molar-refractivity contribution < 1.29 is 4.74 Å². The van der Waals surface area contributed by atoms with Crippen LogP contribution in [0.1, 0.15) is 13.8 Å². The summed E-state index contributed by atoms with van der Waals surface area (Å²) in [6.07, 6.45) is 0. The fourth-order valence-corrected chi connectivity index (χ4v) is 1.61. The van der Waals surface area contributed by atoms with Crippen LogP contribution in [0.3, 0.4) is 0 Å². The Balaban J connectivity index is 2.27. The van der Waals surface area contributed by atoms with Crippen LogP contribution in [0.25, 0.3) is 11.4 Å². The largest absolute Gasteiger partial charge is 0.477 e. The van der Waals surface area contributed by atoms with E-state index in [0.29, 0.717) is 29.4 Å². The Kier molecular flexibility index (Phi) is 4.15. The van der Waals surface area contributed by atoms with Crippen molar-refractivity contribution in [3.63, 3.8) is 0 Å². The van der Waals surface area contributed by atoms with E-state index in [9.17, 15) is 0 Å². The number of benzene rings is 1. The Hall–Kier alpha value is -1.61. The molecule has 4 heteroatoms. The molecule has 1 heterocycles. The predicted molar refractivity (Wildman–Crippen MR) is 72.8 cm³/mol. The van der Waals surface area contributed by atoms with Crippen LogP contribution in [0.2, 0.25) is 5.15 Å². The normalized spacial score (nSPS) is 10.7. The standard InChI is InChI=1S/C14H15ClN2O/c1-10(2)9-18-13-8-12(15)16-14(17-13)11-6-4-3-5-7-11/h3-8,10H,9H2,1-2H3. The molecule has 0 bridgehead atoms. The minimum absolute atomic E-state index is 0.391. The Labute approximate surface area is 112 Å². The molecule has 94 valence electrons. The summed E-state index contributed by atoms with van der Waals surface area (Å²) in [6, 6.07) is 11.3. The van der Waals surface area contributed by atoms with Gasteiger partial charge < -0.3 is 4.74 Å². The predicted octanol–water partition coefficient (Wildman–Crippen LogP) is 3.83. The second-order valence-corrected chi connectivity index (χ2v) is 4.81. The third-order valence-corrected chi connectivity index (χ3v) is 2.46. The third-order valence-electron chi connectivity index (χ3n) is 2.27. The highest BCUT2D eigenvalue weighted by Crippen LogP contribution is 2.21. The van der Waals surface area contributed by atoms with Gasteiger partial charge in [0.2, 0.25) is 5.88 Å². The highest BCUT2D eigenvalue weighted by molar-refractivity contribution is 6.29. The number of halogens is 1. The fourth-order valence-electron chi connectivity index (χ4n) is 1.44. The minimum Gasteiger partial charge on any atom is -0.477 e. The number of rotatable bonds is 4. The molecule has 0 fully saturated rings. The molecule has 0 spiro atoms. The summed E-state index contributed by atoms with van der Waals surface area (Å²) in [7, 11) is 0. The van der Waals surface area contributed by atoms with E-state index in [1.807, 2.05) is 30.3 Å². The summed E-state index contributed by atoms with van der Waals surface area (Å²) in [5.74, 6) is 1.54. The highest BCUT2D eigenvalue weighted by atomic mass is 35.5. The van der Waals surface area contributed by atoms with Crippen LogP contribution < -0.4 is 4.74 Å². The van der Waals surface area contributed by atoms with E-state index in [0.717, 1.165) is 5.56 Å². The lowest BCUT2D eigenvalue weighted by molar-refractivity contribution is 0.261. The molecule has 0 unspecified atom stereocenters. The van der Waals surface area contributed by atoms with Crippen LogP contribution in [0, 0.1) is 5.92 Å². The monoisotopic (exact) mass is 262 g/mol. The Morgan fingerprint density at radius 1 is 1.17 bits per heavy atom. The van der Waals surface area contributed by atoms with Crippen molar-refractivity contribution in [3.8, 4) is 17.3 Å². The van der Waals surface area contributed by atoms with Gasteiger partial charge in [-0.1, -0.05) is 55.8 Å². The van der Waals surface area contributed by atoms with E-state index in [1.54, 1.807) is 6.07 Å². The summed E-state index contributed by atoms with van der Waals surface area (Å²) in [6.45, 7) is 4.78. The molecule has 0 aliphatic carbocycles. The number of nitrogens with zero attached hydrogens (tertiary/aromatic N) is 2. The van der Waals surface area contributed by atoms with E-state index in [1.165, 1.54) is 0 Å². The van der Waals surface area contributed by atoms with Gasteiger partial charge in [0.05, 0.1) is 6.61 Å². The second kappa shape index (κ2) is 5.83. The maximum absolute atomic E-state index is 5.98. The van der Waals surface area contributed by atoms with Gasteiger partial charge in [0.1, 0.15) is 5.15 Å². The molecule has 0 saturated carbocycles. The van der Waals surface area contributed by atoms with Gasteiger partial charge in [-0.2, -0.15) is 4.98 Å². The van der Waals surface area contributed by atoms with Gasteiger partial charge in [0.15, 0.2) is 5.82 Å². The number of aromatic nitrogens is 2. The fraction of sp³-hybridized carbons (Fsp3) is 0.286. The summed E-state index contributed by atoms with van der Waals surface area (Å²) in [5, 5.41) is 0.391. The van der Waals surface area contributed by atoms with Crippen LogP contribution in [0.5, 0.6) is 5.88 Å². The average Bonchev–Trinajstić information content (AvgIpc) is 2.37. The van der Waals surface area contributed by atoms with Crippen molar-refractivity contribution in [1.29, 1.82) is 0 Å².